The summed E-state index contributed by atoms with van der Waals surface area (Å²) in [5.41, 5.74) is 0.453. The monoisotopic (exact) mass is 299 g/mol. The topological polar surface area (TPSA) is 68.0 Å². The minimum atomic E-state index is -1.18. The first-order valence-corrected chi connectivity index (χ1v) is 6.43. The van der Waals surface area contributed by atoms with Gasteiger partial charge in [0.1, 0.15) is 11.5 Å². The second kappa shape index (κ2) is 5.59. The van der Waals surface area contributed by atoms with Crippen molar-refractivity contribution in [3.05, 3.63) is 39.9 Å². The molecule has 7 heteroatoms. The van der Waals surface area contributed by atoms with E-state index in [4.69, 9.17) is 28.3 Å². The standard InChI is InChI=1S/C12H11Cl2N3O2/c1-2-4-9-15-11(12(18)19)16-17(9)10-7(13)5-3-6-8(10)14/h3,5-6H,2,4H2,1H3,(H,18,19). The van der Waals surface area contributed by atoms with Gasteiger partial charge >= 0.3 is 5.97 Å². The van der Waals surface area contributed by atoms with Gasteiger partial charge in [0.15, 0.2) is 0 Å². The number of hydrogen-bond acceptors (Lipinski definition) is 3. The summed E-state index contributed by atoms with van der Waals surface area (Å²) in [6.07, 6.45) is 1.39. The van der Waals surface area contributed by atoms with E-state index in [2.05, 4.69) is 10.1 Å². The number of halogens is 2. The van der Waals surface area contributed by atoms with Gasteiger partial charge in [0.25, 0.3) is 5.82 Å². The molecule has 0 aliphatic rings. The minimum absolute atomic E-state index is 0.264. The average molecular weight is 300 g/mol. The van der Waals surface area contributed by atoms with Gasteiger partial charge in [0.2, 0.25) is 0 Å². The molecule has 0 radical (unpaired) electrons. The van der Waals surface area contributed by atoms with E-state index in [-0.39, 0.29) is 5.82 Å². The van der Waals surface area contributed by atoms with Gasteiger partial charge in [-0.25, -0.2) is 14.5 Å². The molecule has 0 aliphatic carbocycles. The molecule has 0 spiro atoms. The zero-order valence-corrected chi connectivity index (χ0v) is 11.6. The first kappa shape index (κ1) is 13.8. The predicted molar refractivity (Wildman–Crippen MR) is 72.3 cm³/mol. The molecule has 0 amide bonds. The summed E-state index contributed by atoms with van der Waals surface area (Å²) >= 11 is 12.2. The van der Waals surface area contributed by atoms with Gasteiger partial charge in [-0.1, -0.05) is 36.2 Å². The van der Waals surface area contributed by atoms with Crippen LogP contribution >= 0.6 is 23.2 Å². The maximum absolute atomic E-state index is 11.0. The van der Waals surface area contributed by atoms with Crippen LogP contribution in [0.2, 0.25) is 10.0 Å². The van der Waals surface area contributed by atoms with Gasteiger partial charge < -0.3 is 5.11 Å². The van der Waals surface area contributed by atoms with Gasteiger partial charge in [-0.3, -0.25) is 0 Å². The summed E-state index contributed by atoms with van der Waals surface area (Å²) in [5, 5.41) is 13.7. The number of carboxylic acids is 1. The fraction of sp³-hybridized carbons (Fsp3) is 0.250. The second-order valence-corrected chi connectivity index (χ2v) is 4.70. The van der Waals surface area contributed by atoms with E-state index >= 15 is 0 Å². The lowest BCUT2D eigenvalue weighted by molar-refractivity contribution is 0.0683. The normalized spacial score (nSPS) is 10.7. The van der Waals surface area contributed by atoms with E-state index in [1.54, 1.807) is 18.2 Å². The number of hydrogen-bond donors (Lipinski definition) is 1. The third-order valence-electron chi connectivity index (χ3n) is 2.49. The highest BCUT2D eigenvalue weighted by Gasteiger charge is 2.19. The lowest BCUT2D eigenvalue weighted by Gasteiger charge is -2.08. The molecule has 5 nitrogen and oxygen atoms in total. The Labute approximate surface area is 119 Å². The molecule has 100 valence electrons. The van der Waals surface area contributed by atoms with Crippen molar-refractivity contribution in [2.45, 2.75) is 19.8 Å². The minimum Gasteiger partial charge on any atom is -0.475 e. The van der Waals surface area contributed by atoms with Crippen LogP contribution in [0.1, 0.15) is 29.8 Å². The molecule has 1 heterocycles. The summed E-state index contributed by atoms with van der Waals surface area (Å²) in [7, 11) is 0. The van der Waals surface area contributed by atoms with Crippen LogP contribution in [0.5, 0.6) is 0 Å². The van der Waals surface area contributed by atoms with Crippen LogP contribution in [0.3, 0.4) is 0 Å². The second-order valence-electron chi connectivity index (χ2n) is 3.89. The van der Waals surface area contributed by atoms with E-state index in [0.29, 0.717) is 28.0 Å². The molecule has 0 saturated carbocycles. The molecule has 0 unspecified atom stereocenters. The Hall–Kier alpha value is -1.59. The van der Waals surface area contributed by atoms with Crippen molar-refractivity contribution >= 4 is 29.2 Å². The summed E-state index contributed by atoms with van der Waals surface area (Å²) in [6, 6.07) is 5.05. The molecule has 0 atom stereocenters. The highest BCUT2D eigenvalue weighted by molar-refractivity contribution is 6.37. The maximum atomic E-state index is 11.0. The third-order valence-corrected chi connectivity index (χ3v) is 3.10. The summed E-state index contributed by atoms with van der Waals surface area (Å²) in [4.78, 5) is 15.0. The number of para-hydroxylation sites is 1. The zero-order chi connectivity index (χ0) is 14.0. The molecular weight excluding hydrogens is 289 g/mol. The maximum Gasteiger partial charge on any atom is 0.375 e. The van der Waals surface area contributed by atoms with E-state index in [1.807, 2.05) is 6.92 Å². The number of carbonyl (C=O) groups is 1. The highest BCUT2D eigenvalue weighted by atomic mass is 35.5. The van der Waals surface area contributed by atoms with Crippen molar-refractivity contribution in [1.82, 2.24) is 14.8 Å². The van der Waals surface area contributed by atoms with Crippen molar-refractivity contribution in [2.75, 3.05) is 0 Å². The van der Waals surface area contributed by atoms with Crippen molar-refractivity contribution in [1.29, 1.82) is 0 Å². The molecule has 0 fully saturated rings. The Bertz CT molecular complexity index is 605. The quantitative estimate of drug-likeness (QED) is 0.941. The first-order chi connectivity index (χ1) is 9.04. The lowest BCUT2D eigenvalue weighted by Crippen LogP contribution is -2.05. The van der Waals surface area contributed by atoms with Crippen LogP contribution in [0.25, 0.3) is 5.69 Å². The Kier molecular flexibility index (Phi) is 4.07. The van der Waals surface area contributed by atoms with E-state index in [1.165, 1.54) is 4.68 Å². The molecule has 1 aromatic carbocycles. The highest BCUT2D eigenvalue weighted by Crippen LogP contribution is 2.28. The van der Waals surface area contributed by atoms with Crippen LogP contribution in [0.4, 0.5) is 0 Å². The molecular formula is C12H11Cl2N3O2. The summed E-state index contributed by atoms with van der Waals surface area (Å²) < 4.78 is 1.40. The number of benzene rings is 1. The first-order valence-electron chi connectivity index (χ1n) is 5.68. The van der Waals surface area contributed by atoms with Crippen molar-refractivity contribution in [3.63, 3.8) is 0 Å². The van der Waals surface area contributed by atoms with Crippen LogP contribution in [0, 0.1) is 0 Å². The molecule has 1 N–H and O–H groups in total. The summed E-state index contributed by atoms with van der Waals surface area (Å²) in [6.45, 7) is 1.97. The predicted octanol–water partition coefficient (Wildman–Crippen LogP) is 3.22. The molecule has 19 heavy (non-hydrogen) atoms. The smallest absolute Gasteiger partial charge is 0.375 e. The van der Waals surface area contributed by atoms with Crippen LogP contribution < -0.4 is 0 Å². The van der Waals surface area contributed by atoms with Gasteiger partial charge in [0.05, 0.1) is 10.0 Å². The number of aromatic carboxylic acids is 1. The van der Waals surface area contributed by atoms with Crippen molar-refractivity contribution in [2.24, 2.45) is 0 Å². The fourth-order valence-corrected chi connectivity index (χ4v) is 2.25. The van der Waals surface area contributed by atoms with Gasteiger partial charge in [-0.15, -0.1) is 5.10 Å². The van der Waals surface area contributed by atoms with Gasteiger partial charge in [0, 0.05) is 6.42 Å². The van der Waals surface area contributed by atoms with Crippen LogP contribution in [-0.2, 0) is 6.42 Å². The fourth-order valence-electron chi connectivity index (χ4n) is 1.69. The van der Waals surface area contributed by atoms with Gasteiger partial charge in [-0.2, -0.15) is 0 Å². The van der Waals surface area contributed by atoms with E-state index in [9.17, 15) is 4.79 Å². The molecule has 0 bridgehead atoms. The molecule has 0 aliphatic heterocycles. The zero-order valence-electron chi connectivity index (χ0n) is 10.1. The number of aryl methyl sites for hydroxylation is 1. The SMILES string of the molecule is CCCc1nc(C(=O)O)nn1-c1c(Cl)cccc1Cl. The Morgan fingerprint density at radius 1 is 1.37 bits per heavy atom. The number of aromatic nitrogens is 3. The number of carboxylic acid groups (broad SMARTS) is 1. The lowest BCUT2D eigenvalue weighted by atomic mass is 10.3. The van der Waals surface area contributed by atoms with Crippen LogP contribution in [-0.4, -0.2) is 25.8 Å². The summed E-state index contributed by atoms with van der Waals surface area (Å²) in [5.74, 6) is -0.923. The number of rotatable bonds is 4. The van der Waals surface area contributed by atoms with E-state index in [0.717, 1.165) is 6.42 Å². The number of nitrogens with zero attached hydrogens (tertiary/aromatic N) is 3. The van der Waals surface area contributed by atoms with E-state index < -0.39 is 5.97 Å². The van der Waals surface area contributed by atoms with Crippen molar-refractivity contribution < 1.29 is 9.90 Å². The van der Waals surface area contributed by atoms with Crippen molar-refractivity contribution in [3.8, 4) is 5.69 Å². The average Bonchev–Trinajstić information content (AvgIpc) is 2.74. The van der Waals surface area contributed by atoms with Crippen LogP contribution in [0.15, 0.2) is 18.2 Å². The Morgan fingerprint density at radius 2 is 2.00 bits per heavy atom. The molecule has 2 rings (SSSR count). The molecule has 1 aromatic heterocycles. The molecule has 2 aromatic rings. The Balaban J connectivity index is 2.63. The van der Waals surface area contributed by atoms with Gasteiger partial charge in [-0.05, 0) is 18.6 Å². The largest absolute Gasteiger partial charge is 0.475 e. The Morgan fingerprint density at radius 3 is 2.53 bits per heavy atom. The third kappa shape index (κ3) is 2.72. The molecule has 0 saturated heterocycles.